The first kappa shape index (κ1) is 99.6. The number of phosphoric ester groups is 4. The average Bonchev–Trinajstić information content (AvgIpc) is 1.61. The van der Waals surface area contributed by atoms with E-state index in [9.17, 15) is 86.6 Å². The molecule has 14 rings (SSSR count). The normalized spacial score (nSPS) is 22.7. The molecule has 16 atom stereocenters. The number of phosphoric acid groups is 4. The SMILES string of the molecule is C=CCCC(=O)NCc1nc(C(=O)OC2[C@@H](COP(=O)(O)OC3C[C@H](n4ccc(N)nc4=O)O[C@@H]3COP(=O)(O)O)O[C@@H](n3cnc4c(N)ncnc43)[C@H]2O)c(-c2cc(C)c(C)c(OC)c2)o1.C=CCCC(=O)NCc1nc(C(=O)OC2[C@@H](COP(=O)(O)OC3C[C@H](n4ccc(N)nc4=O)O[C@@H]3COP(=O)(O)O)O[C@@H](n3cnc4c(N)ncnc43)[C@H]2O)c(-c2cc(C)c(C)c(OC)c2)o1. The number of hydrogen-bond acceptors (Lipinski definition) is 42. The number of allylic oxidation sites excluding steroid dienone is 2. The molecule has 58 heteroatoms. The van der Waals surface area contributed by atoms with Gasteiger partial charge in [-0.3, -0.25) is 55.0 Å². The molecule has 8 aromatic heterocycles. The third kappa shape index (κ3) is 23.7. The van der Waals surface area contributed by atoms with E-state index in [1.165, 1.54) is 60.5 Å². The van der Waals surface area contributed by atoms with Gasteiger partial charge in [0.15, 0.2) is 70.5 Å². The fourth-order valence-corrected chi connectivity index (χ4v) is 17.0. The van der Waals surface area contributed by atoms with E-state index >= 15 is 0 Å². The smallest absolute Gasteiger partial charge is 0.472 e. The molecule has 2 amide bonds. The van der Waals surface area contributed by atoms with Crippen LogP contribution in [0.4, 0.5) is 23.3 Å². The van der Waals surface area contributed by atoms with Crippen LogP contribution in [0, 0.1) is 27.7 Å². The number of oxazole rings is 2. The largest absolute Gasteiger partial charge is 0.496 e. The molecule has 4 aliphatic rings. The van der Waals surface area contributed by atoms with Gasteiger partial charge in [0.25, 0.3) is 0 Å². The van der Waals surface area contributed by atoms with Crippen molar-refractivity contribution in [2.75, 3.05) is 63.6 Å². The van der Waals surface area contributed by atoms with Crippen LogP contribution in [0.5, 0.6) is 11.5 Å². The molecule has 54 nitrogen and oxygen atoms in total. The zero-order chi connectivity index (χ0) is 96.7. The van der Waals surface area contributed by atoms with Gasteiger partial charge in [-0.2, -0.15) is 9.97 Å². The number of benzene rings is 2. The summed E-state index contributed by atoms with van der Waals surface area (Å²) in [6, 6.07) is 9.18. The van der Waals surface area contributed by atoms with Crippen LogP contribution in [0.1, 0.15) is 118 Å². The number of carbonyl (C=O) groups is 4. The summed E-state index contributed by atoms with van der Waals surface area (Å²) in [5, 5.41) is 29.0. The highest BCUT2D eigenvalue weighted by atomic mass is 31.2. The number of imidazole rings is 2. The second-order valence-electron chi connectivity index (χ2n) is 30.2. The van der Waals surface area contributed by atoms with E-state index in [0.717, 1.165) is 44.0 Å². The quantitative estimate of drug-likeness (QED) is 0.0150. The first-order chi connectivity index (χ1) is 63.5. The first-order valence-electron chi connectivity index (χ1n) is 40.2. The third-order valence-corrected chi connectivity index (χ3v) is 24.2. The van der Waals surface area contributed by atoms with Crippen molar-refractivity contribution in [3.05, 3.63) is 166 Å². The van der Waals surface area contributed by atoms with E-state index < -0.39 is 178 Å². The van der Waals surface area contributed by atoms with Gasteiger partial charge in [0.1, 0.15) is 108 Å². The Labute approximate surface area is 755 Å². The Morgan fingerprint density at radius 2 is 0.903 bits per heavy atom. The number of nitrogens with one attached hydrogen (secondary N) is 2. The molecular weight excluding hydrogens is 1860 g/mol. The first-order valence-corrected chi connectivity index (χ1v) is 46.3. The van der Waals surface area contributed by atoms with Crippen LogP contribution in [0.25, 0.3) is 45.0 Å². The monoisotopic (exact) mass is 1950 g/mol. The van der Waals surface area contributed by atoms with Crippen LogP contribution in [-0.4, -0.2) is 233 Å². The Morgan fingerprint density at radius 3 is 1.26 bits per heavy atom. The molecule has 2 aromatic carbocycles. The van der Waals surface area contributed by atoms with Crippen molar-refractivity contribution in [1.29, 1.82) is 0 Å². The number of methoxy groups -OCH3 is 2. The zero-order valence-electron chi connectivity index (χ0n) is 71.6. The number of rotatable bonds is 38. The number of aliphatic hydroxyl groups is 2. The Bertz CT molecular complexity index is 6000. The van der Waals surface area contributed by atoms with Crippen molar-refractivity contribution >= 4 is 101 Å². The van der Waals surface area contributed by atoms with Crippen LogP contribution in [0.15, 0.2) is 118 Å². The van der Waals surface area contributed by atoms with Crippen molar-refractivity contribution < 1.29 is 151 Å². The molecule has 0 bridgehead atoms. The summed E-state index contributed by atoms with van der Waals surface area (Å²) in [7, 11) is -17.8. The van der Waals surface area contributed by atoms with E-state index in [2.05, 4.69) is 82.7 Å². The van der Waals surface area contributed by atoms with Gasteiger partial charge in [0.05, 0.1) is 66.4 Å². The Kier molecular flexibility index (Phi) is 31.1. The highest BCUT2D eigenvalue weighted by molar-refractivity contribution is 7.47. The third-order valence-electron chi connectivity index (χ3n) is 21.2. The lowest BCUT2D eigenvalue weighted by atomic mass is 10.0. The molecule has 4 fully saturated rings. The number of aryl methyl sites for hydroxylation is 2. The minimum absolute atomic E-state index is 0.00754. The molecule has 0 saturated carbocycles. The van der Waals surface area contributed by atoms with E-state index in [1.54, 1.807) is 36.4 Å². The highest BCUT2D eigenvalue weighted by Gasteiger charge is 2.53. The van der Waals surface area contributed by atoms with Gasteiger partial charge in [-0.1, -0.05) is 12.2 Å². The van der Waals surface area contributed by atoms with Gasteiger partial charge in [0.2, 0.25) is 23.6 Å². The van der Waals surface area contributed by atoms with Crippen LogP contribution < -0.4 is 54.4 Å². The summed E-state index contributed by atoms with van der Waals surface area (Å²) in [6.45, 7) is 10.5. The minimum Gasteiger partial charge on any atom is -0.496 e. The molecule has 0 aliphatic carbocycles. The molecule has 12 heterocycles. The summed E-state index contributed by atoms with van der Waals surface area (Å²) >= 11 is 0. The number of aromatic nitrogens is 14. The number of aliphatic hydroxyl groups excluding tert-OH is 2. The number of ether oxygens (including phenoxy) is 8. The summed E-state index contributed by atoms with van der Waals surface area (Å²) < 4.78 is 144. The van der Waals surface area contributed by atoms with Gasteiger partial charge < -0.3 is 120 Å². The van der Waals surface area contributed by atoms with E-state index in [-0.39, 0.29) is 119 Å². The summed E-state index contributed by atoms with van der Waals surface area (Å²) in [5.74, 6) is -2.72. The fourth-order valence-electron chi connectivity index (χ4n) is 14.4. The number of nitrogens with zero attached hydrogens (tertiary/aromatic N) is 14. The standard InChI is InChI=1S/2C38H46N10O17P2/c2*1-5-6-7-26(49)41-13-27-46-29(32(63-27)20-10-18(2)19(3)21(11-20)58-4)37(51)64-33-24(62-36(31(33)50)48-17-44-30-34(40)42-16-43-35(30)48)15-60-67(56,57)65-22-12-28(47-9-8-25(39)45-38(47)52)61-23(22)14-59-66(53,54)55/h2*5,8-11,16-17,22-24,28,31,33,36,50H,1,6-7,12-15H2,2-4H3,(H,41,49)(H,56,57)(H2,39,45,52)(H2,40,42,43)(H2,53,54,55)/t2*22?,23-,24-,28-,31+,33?,36-/m11/s1. The molecule has 0 spiro atoms. The summed E-state index contributed by atoms with van der Waals surface area (Å²) in [6.07, 6.45) is -10.8. The fraction of sp³-hybridized carbons (Fsp3) is 0.421. The highest BCUT2D eigenvalue weighted by Crippen LogP contribution is 2.53. The Hall–Kier alpha value is -11.9. The molecule has 720 valence electrons. The van der Waals surface area contributed by atoms with Gasteiger partial charge in [-0.25, -0.2) is 77.3 Å². The van der Waals surface area contributed by atoms with Crippen LogP contribution in [0.3, 0.4) is 0 Å². The zero-order valence-corrected chi connectivity index (χ0v) is 75.2. The maximum Gasteiger partial charge on any atom is 0.472 e. The maximum absolute atomic E-state index is 14.3. The van der Waals surface area contributed by atoms with Crippen molar-refractivity contribution in [3.63, 3.8) is 0 Å². The average molecular weight is 1950 g/mol. The van der Waals surface area contributed by atoms with Crippen molar-refractivity contribution in [2.45, 2.75) is 165 Å². The lowest BCUT2D eigenvalue weighted by Crippen LogP contribution is -2.38. The van der Waals surface area contributed by atoms with Crippen LogP contribution in [0.2, 0.25) is 0 Å². The van der Waals surface area contributed by atoms with E-state index in [0.29, 0.717) is 35.5 Å². The number of esters is 2. The molecule has 4 aliphatic heterocycles. The number of hydrogen-bond donors (Lipinski definition) is 14. The molecule has 0 radical (unpaired) electrons. The predicted molar refractivity (Wildman–Crippen MR) is 456 cm³/mol. The molecule has 6 unspecified atom stereocenters. The lowest BCUT2D eigenvalue weighted by molar-refractivity contribution is -0.122. The van der Waals surface area contributed by atoms with Gasteiger partial charge >= 0.3 is 54.6 Å². The summed E-state index contributed by atoms with van der Waals surface area (Å²) in [4.78, 5) is 179. The lowest BCUT2D eigenvalue weighted by Gasteiger charge is -2.23. The molecule has 18 N–H and O–H groups in total. The molecule has 4 saturated heterocycles. The van der Waals surface area contributed by atoms with Gasteiger partial charge in [-0.15, -0.1) is 13.2 Å². The second-order valence-corrected chi connectivity index (χ2v) is 35.5. The second kappa shape index (κ2) is 41.9. The Balaban J connectivity index is 0.000000227. The van der Waals surface area contributed by atoms with Gasteiger partial charge in [-0.05, 0) is 99.2 Å². The minimum atomic E-state index is -5.27. The van der Waals surface area contributed by atoms with Crippen LogP contribution in [-0.2, 0) is 96.5 Å². The molecular formula is C76H92N20O34P4. The van der Waals surface area contributed by atoms with Gasteiger partial charge in [0, 0.05) is 49.2 Å². The van der Waals surface area contributed by atoms with E-state index in [4.69, 9.17) is 87.8 Å². The van der Waals surface area contributed by atoms with E-state index in [1.807, 2.05) is 27.7 Å². The number of amides is 2. The molecule has 134 heavy (non-hydrogen) atoms. The topological polar surface area (TPSA) is 765 Å². The number of carbonyl (C=O) groups excluding carboxylic acids is 4. The van der Waals surface area contributed by atoms with Crippen molar-refractivity contribution in [1.82, 2.24) is 78.7 Å². The number of anilines is 4. The van der Waals surface area contributed by atoms with Crippen LogP contribution >= 0.6 is 31.3 Å². The molecule has 10 aromatic rings. The van der Waals surface area contributed by atoms with Crippen molar-refractivity contribution in [2.24, 2.45) is 0 Å². The predicted octanol–water partition coefficient (Wildman–Crippen LogP) is 2.99. The maximum atomic E-state index is 14.3. The number of fused-ring (bicyclic) bond motifs is 2. The number of nitrogen functional groups attached to an aromatic ring is 4. The van der Waals surface area contributed by atoms with Crippen molar-refractivity contribution in [3.8, 4) is 34.1 Å². The summed E-state index contributed by atoms with van der Waals surface area (Å²) in [5.41, 5.74) is 24.9. The number of nitrogens with two attached hydrogens (primary N) is 4. The Morgan fingerprint density at radius 1 is 0.522 bits per heavy atom.